The molecule has 4 heterocycles. The van der Waals surface area contributed by atoms with Crippen LogP contribution in [-0.2, 0) is 6.54 Å². The molecule has 1 aliphatic rings. The van der Waals surface area contributed by atoms with Crippen LogP contribution in [-0.4, -0.2) is 24.5 Å². The number of hydrogen-bond donors (Lipinski definition) is 1. The van der Waals surface area contributed by atoms with Gasteiger partial charge in [0.15, 0.2) is 5.11 Å². The first-order valence-electron chi connectivity index (χ1n) is 11.2. The molecule has 3 aromatic heterocycles. The van der Waals surface area contributed by atoms with Crippen LogP contribution in [0.15, 0.2) is 79.1 Å². The number of thiocarbonyl (C=S) groups is 1. The lowest BCUT2D eigenvalue weighted by molar-refractivity contribution is 0.310. The molecule has 0 aliphatic carbocycles. The number of pyridine rings is 2. The van der Waals surface area contributed by atoms with E-state index < -0.39 is 0 Å². The van der Waals surface area contributed by atoms with Gasteiger partial charge in [-0.05, 0) is 73.9 Å². The fourth-order valence-electron chi connectivity index (χ4n) is 4.82. The Morgan fingerprint density at radius 1 is 0.909 bits per heavy atom. The van der Waals surface area contributed by atoms with Gasteiger partial charge < -0.3 is 14.8 Å². The smallest absolute Gasteiger partial charge is 0.170 e. The Balaban J connectivity index is 1.63. The monoisotopic (exact) mass is 453 g/mol. The summed E-state index contributed by atoms with van der Waals surface area (Å²) < 4.78 is 2.25. The Bertz CT molecular complexity index is 1280. The average molecular weight is 454 g/mol. The van der Waals surface area contributed by atoms with Crippen molar-refractivity contribution in [3.05, 3.63) is 113 Å². The highest BCUT2D eigenvalue weighted by molar-refractivity contribution is 7.80. The molecule has 0 spiro atoms. The lowest BCUT2D eigenvalue weighted by Gasteiger charge is -2.28. The molecule has 1 fully saturated rings. The number of rotatable bonds is 5. The van der Waals surface area contributed by atoms with E-state index in [1.54, 1.807) is 0 Å². The van der Waals surface area contributed by atoms with Crippen LogP contribution < -0.4 is 5.32 Å². The van der Waals surface area contributed by atoms with E-state index >= 15 is 0 Å². The minimum atomic E-state index is -0.0406. The summed E-state index contributed by atoms with van der Waals surface area (Å²) in [4.78, 5) is 11.7. The summed E-state index contributed by atoms with van der Waals surface area (Å²) in [5, 5.41) is 4.31. The summed E-state index contributed by atoms with van der Waals surface area (Å²) in [6, 6.07) is 22.9. The van der Waals surface area contributed by atoms with Gasteiger partial charge in [0, 0.05) is 30.3 Å². The van der Waals surface area contributed by atoms with E-state index in [1.165, 1.54) is 16.8 Å². The molecule has 33 heavy (non-hydrogen) atoms. The lowest BCUT2D eigenvalue weighted by Crippen LogP contribution is -2.29. The second-order valence-electron chi connectivity index (χ2n) is 8.55. The van der Waals surface area contributed by atoms with E-state index in [0.29, 0.717) is 0 Å². The first kappa shape index (κ1) is 21.3. The number of aromatic nitrogens is 3. The fraction of sp³-hybridized carbons (Fsp3) is 0.222. The molecule has 2 atom stereocenters. The van der Waals surface area contributed by atoms with Crippen molar-refractivity contribution in [2.75, 3.05) is 0 Å². The van der Waals surface area contributed by atoms with Crippen molar-refractivity contribution in [3.63, 3.8) is 0 Å². The van der Waals surface area contributed by atoms with Gasteiger partial charge >= 0.3 is 0 Å². The van der Waals surface area contributed by atoms with E-state index in [9.17, 15) is 0 Å². The van der Waals surface area contributed by atoms with Gasteiger partial charge in [0.1, 0.15) is 5.82 Å². The Hall–Kier alpha value is -3.51. The predicted molar refractivity (Wildman–Crippen MR) is 135 cm³/mol. The first-order valence-corrected chi connectivity index (χ1v) is 11.6. The van der Waals surface area contributed by atoms with Crippen molar-refractivity contribution in [2.45, 2.75) is 39.4 Å². The van der Waals surface area contributed by atoms with Gasteiger partial charge in [0.25, 0.3) is 0 Å². The maximum absolute atomic E-state index is 5.86. The van der Waals surface area contributed by atoms with Crippen molar-refractivity contribution >= 4 is 17.3 Å². The van der Waals surface area contributed by atoms with Crippen LogP contribution >= 0.6 is 12.2 Å². The molecule has 0 amide bonds. The zero-order valence-corrected chi connectivity index (χ0v) is 19.9. The maximum Gasteiger partial charge on any atom is 0.170 e. The molecule has 1 aromatic carbocycles. The Labute approximate surface area is 200 Å². The molecule has 4 aromatic rings. The number of aryl methyl sites for hydroxylation is 2. The zero-order chi connectivity index (χ0) is 22.9. The molecular weight excluding hydrogens is 426 g/mol. The van der Waals surface area contributed by atoms with E-state index in [4.69, 9.17) is 12.2 Å². The third-order valence-electron chi connectivity index (χ3n) is 6.38. The van der Waals surface area contributed by atoms with E-state index in [0.717, 1.165) is 34.4 Å². The highest BCUT2D eigenvalue weighted by Crippen LogP contribution is 2.42. The third kappa shape index (κ3) is 3.91. The van der Waals surface area contributed by atoms with Crippen molar-refractivity contribution in [1.29, 1.82) is 0 Å². The minimum Gasteiger partial charge on any atom is -0.352 e. The maximum atomic E-state index is 5.86. The highest BCUT2D eigenvalue weighted by atomic mass is 32.1. The second kappa shape index (κ2) is 8.79. The molecule has 0 radical (unpaired) electrons. The average Bonchev–Trinajstić information content (AvgIpc) is 3.30. The third-order valence-corrected chi connectivity index (χ3v) is 6.73. The van der Waals surface area contributed by atoms with Crippen LogP contribution in [0.25, 0.3) is 5.82 Å². The minimum absolute atomic E-state index is 0.0107. The van der Waals surface area contributed by atoms with Crippen LogP contribution in [0.1, 0.15) is 45.9 Å². The van der Waals surface area contributed by atoms with E-state index in [2.05, 4.69) is 88.0 Å². The fourth-order valence-corrected chi connectivity index (χ4v) is 5.12. The Morgan fingerprint density at radius 3 is 2.39 bits per heavy atom. The van der Waals surface area contributed by atoms with E-state index in [-0.39, 0.29) is 12.1 Å². The molecule has 166 valence electrons. The molecule has 0 bridgehead atoms. The summed E-state index contributed by atoms with van der Waals surface area (Å²) in [6.07, 6.45) is 3.70. The van der Waals surface area contributed by atoms with Crippen LogP contribution in [0.2, 0.25) is 0 Å². The first-order chi connectivity index (χ1) is 16.0. The highest BCUT2D eigenvalue weighted by Gasteiger charge is 2.41. The molecular formula is C27H27N5S. The van der Waals surface area contributed by atoms with Gasteiger partial charge in [-0.2, -0.15) is 0 Å². The van der Waals surface area contributed by atoms with Gasteiger partial charge in [-0.1, -0.05) is 42.5 Å². The molecule has 1 N–H and O–H groups in total. The number of nitrogens with one attached hydrogen (secondary N) is 1. The van der Waals surface area contributed by atoms with Crippen molar-refractivity contribution in [2.24, 2.45) is 0 Å². The normalized spacial score (nSPS) is 17.9. The Kier molecular flexibility index (Phi) is 5.68. The summed E-state index contributed by atoms with van der Waals surface area (Å²) in [5.41, 5.74) is 6.91. The molecule has 1 aliphatic heterocycles. The van der Waals surface area contributed by atoms with Gasteiger partial charge in [-0.25, -0.2) is 4.98 Å². The van der Waals surface area contributed by atoms with Crippen LogP contribution in [0, 0.1) is 20.8 Å². The largest absolute Gasteiger partial charge is 0.352 e. The molecule has 0 saturated carbocycles. The molecule has 5 nitrogen and oxygen atoms in total. The lowest BCUT2D eigenvalue weighted by atomic mass is 9.96. The molecule has 0 unspecified atom stereocenters. The van der Waals surface area contributed by atoms with Gasteiger partial charge in [-0.3, -0.25) is 4.98 Å². The number of benzene rings is 1. The number of nitrogens with zero attached hydrogens (tertiary/aromatic N) is 4. The second-order valence-corrected chi connectivity index (χ2v) is 8.93. The van der Waals surface area contributed by atoms with Gasteiger partial charge in [0.05, 0.1) is 17.8 Å². The van der Waals surface area contributed by atoms with Crippen molar-refractivity contribution in [1.82, 2.24) is 24.8 Å². The van der Waals surface area contributed by atoms with Crippen LogP contribution in [0.4, 0.5) is 0 Å². The van der Waals surface area contributed by atoms with Crippen LogP contribution in [0.5, 0.6) is 0 Å². The summed E-state index contributed by atoms with van der Waals surface area (Å²) in [7, 11) is 0. The zero-order valence-electron chi connectivity index (χ0n) is 19.1. The van der Waals surface area contributed by atoms with Gasteiger partial charge in [0.2, 0.25) is 0 Å². The predicted octanol–water partition coefficient (Wildman–Crippen LogP) is 5.37. The van der Waals surface area contributed by atoms with Gasteiger partial charge in [-0.15, -0.1) is 0 Å². The summed E-state index contributed by atoms with van der Waals surface area (Å²) in [6.45, 7) is 7.15. The summed E-state index contributed by atoms with van der Waals surface area (Å²) >= 11 is 5.86. The Morgan fingerprint density at radius 2 is 1.67 bits per heavy atom. The van der Waals surface area contributed by atoms with Crippen molar-refractivity contribution in [3.8, 4) is 5.82 Å². The molecule has 6 heteroatoms. The molecule has 1 saturated heterocycles. The van der Waals surface area contributed by atoms with Crippen LogP contribution in [0.3, 0.4) is 0 Å². The number of hydrogen-bond acceptors (Lipinski definition) is 3. The summed E-state index contributed by atoms with van der Waals surface area (Å²) in [5.74, 6) is 0.969. The van der Waals surface area contributed by atoms with Crippen molar-refractivity contribution < 1.29 is 0 Å². The quantitative estimate of drug-likeness (QED) is 0.412. The SMILES string of the molecule is Cc1cccnc1-n1c(C)cc([C@@H]2[C@H](c3ccccn3)NC(=S)N2Cc2ccccc2)c1C. The van der Waals surface area contributed by atoms with E-state index in [1.807, 2.05) is 36.7 Å². The topological polar surface area (TPSA) is 46.0 Å². The molecule has 5 rings (SSSR count). The standard InChI is InChI=1S/C27H27N5S/c1-18-10-9-15-29-26(18)32-19(2)16-22(20(32)3)25-24(23-13-7-8-14-28-23)30-27(33)31(25)17-21-11-5-4-6-12-21/h4-16,24-25H,17H2,1-3H3,(H,30,33)/t24-,25+/m0/s1.